The maximum Gasteiger partial charge on any atom is 0.262 e. The van der Waals surface area contributed by atoms with Crippen LogP contribution in [0.15, 0.2) is 0 Å². The van der Waals surface area contributed by atoms with Crippen LogP contribution in [0.25, 0.3) is 0 Å². The average molecular weight is 211 g/mol. The summed E-state index contributed by atoms with van der Waals surface area (Å²) in [6.45, 7) is 2.69. The summed E-state index contributed by atoms with van der Waals surface area (Å²) >= 11 is 0. The van der Waals surface area contributed by atoms with Gasteiger partial charge < -0.3 is 14.4 Å². The number of fused-ring (bicyclic) bond motifs is 2. The van der Waals surface area contributed by atoms with Crippen LogP contribution < -0.4 is 9.62 Å². The quantitative estimate of drug-likeness (QED) is 0.707. The third-order valence-electron chi connectivity index (χ3n) is 2.38. The molecule has 82 valence electrons. The zero-order valence-corrected chi connectivity index (χ0v) is 8.99. The molecule has 2 bridgehead atoms. The van der Waals surface area contributed by atoms with E-state index in [0.717, 1.165) is 22.6 Å². The maximum atomic E-state index is 5.29. The molecule has 1 aliphatic rings. The Morgan fingerprint density at radius 2 is 2.20 bits per heavy atom. The lowest BCUT2D eigenvalue weighted by Gasteiger charge is -2.20. The molecule has 1 aromatic rings. The Balaban J connectivity index is 2.54. The molecule has 5 nitrogen and oxygen atoms in total. The Bertz CT molecular complexity index is 378. The Morgan fingerprint density at radius 3 is 2.87 bits per heavy atom. The van der Waals surface area contributed by atoms with E-state index in [0.29, 0.717) is 19.1 Å². The first-order chi connectivity index (χ1) is 7.27. The summed E-state index contributed by atoms with van der Waals surface area (Å²) in [7, 11) is 3.24. The van der Waals surface area contributed by atoms with E-state index >= 15 is 0 Å². The number of aromatic nitrogens is 1. The van der Waals surface area contributed by atoms with E-state index in [4.69, 9.17) is 19.2 Å². The van der Waals surface area contributed by atoms with Crippen molar-refractivity contribution in [2.24, 2.45) is 0 Å². The molecule has 0 unspecified atom stereocenters. The predicted octanol–water partition coefficient (Wildman–Crippen LogP) is 1.37. The van der Waals surface area contributed by atoms with Crippen LogP contribution in [0.2, 0.25) is 0 Å². The van der Waals surface area contributed by atoms with Gasteiger partial charge in [0.25, 0.3) is 5.88 Å². The molecule has 0 radical (unpaired) electrons. The summed E-state index contributed by atoms with van der Waals surface area (Å²) < 4.78 is 10.4. The smallest absolute Gasteiger partial charge is 0.262 e. The molecule has 15 heavy (non-hydrogen) atoms. The van der Waals surface area contributed by atoms with E-state index in [1.807, 2.05) is 6.92 Å². The van der Waals surface area contributed by atoms with Gasteiger partial charge in [-0.05, 0) is 6.92 Å². The maximum absolute atomic E-state index is 5.29. The molecular weight excluding hydrogens is 198 g/mol. The highest BCUT2D eigenvalue weighted by atomic mass is 17.2. The predicted molar refractivity (Wildman–Crippen MR) is 51.7 cm³/mol. The van der Waals surface area contributed by atoms with Crippen LogP contribution in [0.5, 0.6) is 11.6 Å². The second kappa shape index (κ2) is 4.04. The first kappa shape index (κ1) is 10.2. The number of methoxy groups -OCH3 is 2. The Kier molecular flexibility index (Phi) is 2.75. The first-order valence-electron chi connectivity index (χ1n) is 4.62. The molecule has 0 saturated carbocycles. The van der Waals surface area contributed by atoms with Gasteiger partial charge in [0.1, 0.15) is 18.1 Å². The van der Waals surface area contributed by atoms with Gasteiger partial charge in [0.2, 0.25) is 0 Å². The first-order valence-corrected chi connectivity index (χ1v) is 4.62. The molecule has 5 heteroatoms. The van der Waals surface area contributed by atoms with E-state index in [1.54, 1.807) is 14.2 Å². The third-order valence-corrected chi connectivity index (χ3v) is 2.38. The van der Waals surface area contributed by atoms with Crippen molar-refractivity contribution in [1.82, 2.24) is 4.98 Å². The van der Waals surface area contributed by atoms with Crippen LogP contribution in [0.4, 0.5) is 0 Å². The van der Waals surface area contributed by atoms with Crippen LogP contribution in [-0.4, -0.2) is 19.2 Å². The number of rotatable bonds is 3. The second-order valence-corrected chi connectivity index (χ2v) is 3.28. The largest absolute Gasteiger partial charge is 0.494 e. The highest BCUT2D eigenvalue weighted by Crippen LogP contribution is 2.34. The summed E-state index contributed by atoms with van der Waals surface area (Å²) in [5.74, 6) is 1.21. The molecule has 0 aliphatic carbocycles. The van der Waals surface area contributed by atoms with Gasteiger partial charge in [0.05, 0.1) is 19.3 Å². The van der Waals surface area contributed by atoms with Gasteiger partial charge in [-0.3, -0.25) is 0 Å². The lowest BCUT2D eigenvalue weighted by Crippen LogP contribution is -2.14. The summed E-state index contributed by atoms with van der Waals surface area (Å²) in [5.41, 5.74) is 2.61. The van der Waals surface area contributed by atoms with Gasteiger partial charge in [0.15, 0.2) is 0 Å². The Morgan fingerprint density at radius 1 is 1.40 bits per heavy atom. The lowest BCUT2D eigenvalue weighted by molar-refractivity contribution is -0.231. The van der Waals surface area contributed by atoms with Gasteiger partial charge in [-0.15, -0.1) is 0 Å². The second-order valence-electron chi connectivity index (χ2n) is 3.28. The van der Waals surface area contributed by atoms with Crippen molar-refractivity contribution in [3.05, 3.63) is 16.8 Å². The minimum absolute atomic E-state index is 0.310. The van der Waals surface area contributed by atoms with Crippen molar-refractivity contribution in [3.63, 3.8) is 0 Å². The topological polar surface area (TPSA) is 49.8 Å². The fourth-order valence-electron chi connectivity index (χ4n) is 1.65. The fraction of sp³-hybridized carbons (Fsp3) is 0.500. The van der Waals surface area contributed by atoms with Gasteiger partial charge in [0, 0.05) is 12.7 Å². The monoisotopic (exact) mass is 211 g/mol. The van der Waals surface area contributed by atoms with Crippen molar-refractivity contribution in [2.75, 3.05) is 14.2 Å². The Hall–Kier alpha value is -1.33. The van der Waals surface area contributed by atoms with Gasteiger partial charge in [-0.2, -0.15) is 4.89 Å². The number of hydrogen-bond acceptors (Lipinski definition) is 5. The third kappa shape index (κ3) is 1.64. The molecule has 2 heterocycles. The van der Waals surface area contributed by atoms with Crippen LogP contribution in [0.1, 0.15) is 16.8 Å². The summed E-state index contributed by atoms with van der Waals surface area (Å²) in [5, 5.41) is 0. The molecule has 0 atom stereocenters. The molecule has 0 N–H and O–H groups in total. The molecule has 0 fully saturated rings. The van der Waals surface area contributed by atoms with E-state index in [2.05, 4.69) is 4.98 Å². The highest BCUT2D eigenvalue weighted by Gasteiger charge is 2.23. The summed E-state index contributed by atoms with van der Waals surface area (Å²) in [6.07, 6.45) is 0. The summed E-state index contributed by atoms with van der Waals surface area (Å²) in [4.78, 5) is 14.2. The minimum Gasteiger partial charge on any atom is -0.494 e. The van der Waals surface area contributed by atoms with E-state index in [-0.39, 0.29) is 0 Å². The molecule has 0 saturated heterocycles. The fourth-order valence-corrected chi connectivity index (χ4v) is 1.65. The molecule has 0 aromatic carbocycles. The molecular formula is C10H13NO4. The summed E-state index contributed by atoms with van der Waals surface area (Å²) in [6, 6.07) is 0. The van der Waals surface area contributed by atoms with E-state index in [9.17, 15) is 0 Å². The number of ether oxygens (including phenoxy) is 2. The van der Waals surface area contributed by atoms with Crippen LogP contribution in [0.3, 0.4) is 0 Å². The van der Waals surface area contributed by atoms with Crippen molar-refractivity contribution in [2.45, 2.75) is 20.1 Å². The standard InChI is InChI=1S/C10H13NO4/c1-6-7(4-12-2)10-11-8(5-14-15-10)9(6)13-3/h4-5H2,1-3H3. The normalized spacial score (nSPS) is 13.5. The van der Waals surface area contributed by atoms with Crippen LogP contribution in [-0.2, 0) is 22.8 Å². The molecule has 2 rings (SSSR count). The molecule has 0 spiro atoms. The number of nitrogens with zero attached hydrogens (tertiary/aromatic N) is 1. The Labute approximate surface area is 87.9 Å². The molecule has 1 aromatic heterocycles. The molecule has 0 amide bonds. The minimum atomic E-state index is 0.310. The molecule has 1 aliphatic heterocycles. The highest BCUT2D eigenvalue weighted by molar-refractivity contribution is 5.47. The average Bonchev–Trinajstić information content (AvgIpc) is 2.26. The van der Waals surface area contributed by atoms with Crippen molar-refractivity contribution < 1.29 is 19.2 Å². The van der Waals surface area contributed by atoms with Crippen molar-refractivity contribution in [3.8, 4) is 11.6 Å². The van der Waals surface area contributed by atoms with Crippen LogP contribution in [0, 0.1) is 6.92 Å². The zero-order chi connectivity index (χ0) is 10.8. The van der Waals surface area contributed by atoms with Gasteiger partial charge in [-0.25, -0.2) is 4.98 Å². The SMILES string of the molecule is COCc1c2nc(c(OC)c1C)COO2. The van der Waals surface area contributed by atoms with Crippen molar-refractivity contribution >= 4 is 0 Å². The number of pyridine rings is 1. The van der Waals surface area contributed by atoms with Gasteiger partial charge in [-0.1, -0.05) is 0 Å². The lowest BCUT2D eigenvalue weighted by atomic mass is 10.1. The van der Waals surface area contributed by atoms with E-state index < -0.39 is 0 Å². The van der Waals surface area contributed by atoms with E-state index in [1.165, 1.54) is 0 Å². The van der Waals surface area contributed by atoms with Gasteiger partial charge >= 0.3 is 0 Å². The number of hydrogen-bond donors (Lipinski definition) is 0. The zero-order valence-electron chi connectivity index (χ0n) is 8.99. The van der Waals surface area contributed by atoms with Crippen molar-refractivity contribution in [1.29, 1.82) is 0 Å². The van der Waals surface area contributed by atoms with Crippen LogP contribution >= 0.6 is 0 Å².